The molecule has 0 fully saturated rings. The molecule has 6 heteroatoms. The van der Waals surface area contributed by atoms with Crippen molar-refractivity contribution in [2.75, 3.05) is 0 Å². The summed E-state index contributed by atoms with van der Waals surface area (Å²) in [4.78, 5) is 14.8. The molecule has 0 saturated heterocycles. The van der Waals surface area contributed by atoms with Crippen molar-refractivity contribution in [2.24, 2.45) is 0 Å². The number of H-pyrrole nitrogens is 1. The van der Waals surface area contributed by atoms with Crippen molar-refractivity contribution >= 4 is 26.7 Å². The van der Waals surface area contributed by atoms with Crippen molar-refractivity contribution in [3.63, 3.8) is 0 Å². The number of para-hydroxylation sites is 1. The fourth-order valence-corrected chi connectivity index (χ4v) is 3.74. The van der Waals surface area contributed by atoms with Crippen LogP contribution in [-0.2, 0) is 16.6 Å². The lowest BCUT2D eigenvalue weighted by Gasteiger charge is -2.08. The molecule has 0 radical (unpaired) electrons. The van der Waals surface area contributed by atoms with Gasteiger partial charge in [0.15, 0.2) is 5.78 Å². The SMILES string of the molecule is CC(=O)c1cccc(S(=O)(=O)NCc2c(C)[nH]c3ccccc23)c1. The lowest BCUT2D eigenvalue weighted by atomic mass is 10.1. The Morgan fingerprint density at radius 2 is 1.88 bits per heavy atom. The quantitative estimate of drug-likeness (QED) is 0.699. The van der Waals surface area contributed by atoms with E-state index in [-0.39, 0.29) is 17.2 Å². The molecule has 124 valence electrons. The minimum Gasteiger partial charge on any atom is -0.358 e. The van der Waals surface area contributed by atoms with Crippen molar-refractivity contribution in [2.45, 2.75) is 25.3 Å². The smallest absolute Gasteiger partial charge is 0.240 e. The van der Waals surface area contributed by atoms with Gasteiger partial charge in [0.05, 0.1) is 4.90 Å². The Morgan fingerprint density at radius 3 is 2.62 bits per heavy atom. The third-order valence-corrected chi connectivity index (χ3v) is 5.42. The van der Waals surface area contributed by atoms with Gasteiger partial charge in [-0.25, -0.2) is 13.1 Å². The second-order valence-electron chi connectivity index (χ2n) is 5.68. The molecule has 2 N–H and O–H groups in total. The summed E-state index contributed by atoms with van der Waals surface area (Å²) in [5.74, 6) is -0.167. The number of rotatable bonds is 5. The number of aromatic nitrogens is 1. The van der Waals surface area contributed by atoms with E-state index in [1.165, 1.54) is 19.1 Å². The molecular formula is C18H18N2O3S. The largest absolute Gasteiger partial charge is 0.358 e. The zero-order chi connectivity index (χ0) is 17.3. The van der Waals surface area contributed by atoms with Gasteiger partial charge in [-0.3, -0.25) is 4.79 Å². The van der Waals surface area contributed by atoms with Crippen LogP contribution in [-0.4, -0.2) is 19.2 Å². The average molecular weight is 342 g/mol. The zero-order valence-electron chi connectivity index (χ0n) is 13.5. The van der Waals surface area contributed by atoms with E-state index in [0.29, 0.717) is 5.56 Å². The molecule has 0 aliphatic carbocycles. The maximum absolute atomic E-state index is 12.5. The van der Waals surface area contributed by atoms with Gasteiger partial charge in [0, 0.05) is 28.7 Å². The first-order valence-corrected chi connectivity index (χ1v) is 9.03. The fourth-order valence-electron chi connectivity index (χ4n) is 2.70. The van der Waals surface area contributed by atoms with E-state index in [9.17, 15) is 13.2 Å². The van der Waals surface area contributed by atoms with Crippen molar-refractivity contribution < 1.29 is 13.2 Å². The molecule has 24 heavy (non-hydrogen) atoms. The second-order valence-corrected chi connectivity index (χ2v) is 7.45. The summed E-state index contributed by atoms with van der Waals surface area (Å²) in [5.41, 5.74) is 3.19. The van der Waals surface area contributed by atoms with Gasteiger partial charge in [0.25, 0.3) is 0 Å². The molecule has 0 aliphatic rings. The summed E-state index contributed by atoms with van der Waals surface area (Å²) in [6, 6.07) is 13.8. The summed E-state index contributed by atoms with van der Waals surface area (Å²) in [7, 11) is -3.69. The summed E-state index contributed by atoms with van der Waals surface area (Å²) in [6.45, 7) is 3.51. The average Bonchev–Trinajstić information content (AvgIpc) is 2.88. The van der Waals surface area contributed by atoms with Crippen LogP contribution in [0.3, 0.4) is 0 Å². The topological polar surface area (TPSA) is 79.0 Å². The molecular weight excluding hydrogens is 324 g/mol. The minimum absolute atomic E-state index is 0.0905. The van der Waals surface area contributed by atoms with Gasteiger partial charge in [0.2, 0.25) is 10.0 Å². The van der Waals surface area contributed by atoms with E-state index in [0.717, 1.165) is 22.2 Å². The number of sulfonamides is 1. The Bertz CT molecular complexity index is 1020. The van der Waals surface area contributed by atoms with Crippen molar-refractivity contribution in [1.82, 2.24) is 9.71 Å². The number of aryl methyl sites for hydroxylation is 1. The lowest BCUT2D eigenvalue weighted by Crippen LogP contribution is -2.23. The molecule has 3 rings (SSSR count). The van der Waals surface area contributed by atoms with Gasteiger partial charge in [-0.05, 0) is 37.6 Å². The predicted octanol–water partition coefficient (Wildman–Crippen LogP) is 3.16. The molecule has 0 unspecified atom stereocenters. The number of aromatic amines is 1. The number of carbonyl (C=O) groups excluding carboxylic acids is 1. The van der Waals surface area contributed by atoms with E-state index < -0.39 is 10.0 Å². The Balaban J connectivity index is 1.89. The van der Waals surface area contributed by atoms with E-state index in [4.69, 9.17) is 0 Å². The number of benzene rings is 2. The number of nitrogens with one attached hydrogen (secondary N) is 2. The Hall–Kier alpha value is -2.44. The van der Waals surface area contributed by atoms with Crippen molar-refractivity contribution in [3.8, 4) is 0 Å². The van der Waals surface area contributed by atoms with Crippen LogP contribution in [0.5, 0.6) is 0 Å². The number of carbonyl (C=O) groups is 1. The minimum atomic E-state index is -3.69. The van der Waals surface area contributed by atoms with Gasteiger partial charge in [-0.15, -0.1) is 0 Å². The first-order valence-electron chi connectivity index (χ1n) is 7.55. The van der Waals surface area contributed by atoms with Gasteiger partial charge in [0.1, 0.15) is 0 Å². The molecule has 5 nitrogen and oxygen atoms in total. The van der Waals surface area contributed by atoms with Crippen molar-refractivity contribution in [1.29, 1.82) is 0 Å². The molecule has 1 heterocycles. The number of fused-ring (bicyclic) bond motifs is 1. The highest BCUT2D eigenvalue weighted by Gasteiger charge is 2.17. The normalized spacial score (nSPS) is 11.8. The molecule has 2 aromatic carbocycles. The van der Waals surface area contributed by atoms with E-state index >= 15 is 0 Å². The number of Topliss-reactive ketones (excluding diaryl/α,β-unsaturated/α-hetero) is 1. The highest BCUT2D eigenvalue weighted by Crippen LogP contribution is 2.22. The van der Waals surface area contributed by atoms with Gasteiger partial charge in [-0.2, -0.15) is 0 Å². The molecule has 0 aliphatic heterocycles. The van der Waals surface area contributed by atoms with Crippen LogP contribution in [0.25, 0.3) is 10.9 Å². The van der Waals surface area contributed by atoms with Gasteiger partial charge >= 0.3 is 0 Å². The van der Waals surface area contributed by atoms with E-state index in [1.54, 1.807) is 12.1 Å². The van der Waals surface area contributed by atoms with Crippen LogP contribution in [0.2, 0.25) is 0 Å². The predicted molar refractivity (Wildman–Crippen MR) is 93.5 cm³/mol. The Kier molecular flexibility index (Phi) is 4.26. The molecule has 0 atom stereocenters. The summed E-state index contributed by atoms with van der Waals surface area (Å²) >= 11 is 0. The number of hydrogen-bond donors (Lipinski definition) is 2. The van der Waals surface area contributed by atoms with Gasteiger partial charge < -0.3 is 4.98 Å². The highest BCUT2D eigenvalue weighted by atomic mass is 32.2. The first kappa shape index (κ1) is 16.4. The van der Waals surface area contributed by atoms with Crippen LogP contribution in [0.1, 0.15) is 28.5 Å². The molecule has 1 aromatic heterocycles. The van der Waals surface area contributed by atoms with Crippen LogP contribution >= 0.6 is 0 Å². The highest BCUT2D eigenvalue weighted by molar-refractivity contribution is 7.89. The number of ketones is 1. The standard InChI is InChI=1S/C18H18N2O3S/c1-12-17(16-8-3-4-9-18(16)20-12)11-19-24(22,23)15-7-5-6-14(10-15)13(2)21/h3-10,19-20H,11H2,1-2H3. The maximum atomic E-state index is 12.5. The molecule has 0 bridgehead atoms. The van der Waals surface area contributed by atoms with Crippen LogP contribution in [0.4, 0.5) is 0 Å². The maximum Gasteiger partial charge on any atom is 0.240 e. The first-order chi connectivity index (χ1) is 11.4. The van der Waals surface area contributed by atoms with Crippen molar-refractivity contribution in [3.05, 3.63) is 65.4 Å². The Labute approximate surface area is 140 Å². The third-order valence-electron chi connectivity index (χ3n) is 4.02. The van der Waals surface area contributed by atoms with Gasteiger partial charge in [-0.1, -0.05) is 30.3 Å². The summed E-state index contributed by atoms with van der Waals surface area (Å²) < 4.78 is 27.7. The molecule has 0 saturated carbocycles. The van der Waals surface area contributed by atoms with E-state index in [2.05, 4.69) is 9.71 Å². The Morgan fingerprint density at radius 1 is 1.12 bits per heavy atom. The van der Waals surface area contributed by atoms with Crippen LogP contribution in [0, 0.1) is 6.92 Å². The number of hydrogen-bond acceptors (Lipinski definition) is 3. The van der Waals surface area contributed by atoms with Crippen LogP contribution < -0.4 is 4.72 Å². The monoisotopic (exact) mass is 342 g/mol. The summed E-state index contributed by atoms with van der Waals surface area (Å²) in [5, 5.41) is 0.996. The summed E-state index contributed by atoms with van der Waals surface area (Å²) in [6.07, 6.45) is 0. The molecule has 0 amide bonds. The second kappa shape index (κ2) is 6.22. The zero-order valence-corrected chi connectivity index (χ0v) is 14.3. The lowest BCUT2D eigenvalue weighted by molar-refractivity contribution is 0.101. The third kappa shape index (κ3) is 3.11. The van der Waals surface area contributed by atoms with Crippen LogP contribution in [0.15, 0.2) is 53.4 Å². The molecule has 3 aromatic rings. The van der Waals surface area contributed by atoms with E-state index in [1.807, 2.05) is 31.2 Å². The molecule has 0 spiro atoms. The fraction of sp³-hybridized carbons (Fsp3) is 0.167.